The predicted octanol–water partition coefficient (Wildman–Crippen LogP) is 4.41. The van der Waals surface area contributed by atoms with Crippen molar-refractivity contribution in [2.75, 3.05) is 5.32 Å². The molecular weight excluding hydrogens is 373 g/mol. The van der Waals surface area contributed by atoms with Gasteiger partial charge in [0.05, 0.1) is 23.4 Å². The van der Waals surface area contributed by atoms with Crippen LogP contribution < -0.4 is 10.9 Å². The second kappa shape index (κ2) is 11.6. The molecule has 0 aromatic carbocycles. The first-order valence-corrected chi connectivity index (χ1v) is 9.60. The molecule has 3 rings (SSSR count). The summed E-state index contributed by atoms with van der Waals surface area (Å²) in [4.78, 5) is 21.7. The minimum absolute atomic E-state index is 0.0359. The number of hydrogen-bond acceptors (Lipinski definition) is 5. The number of aromatic amines is 1. The van der Waals surface area contributed by atoms with Crippen molar-refractivity contribution in [3.05, 3.63) is 28.8 Å². The number of nitrogens with one attached hydrogen (secondary N) is 2. The lowest BCUT2D eigenvalue weighted by Crippen LogP contribution is -2.24. The zero-order chi connectivity index (χ0) is 21.2. The van der Waals surface area contributed by atoms with Gasteiger partial charge in [0.25, 0.3) is 5.56 Å². The molecule has 158 valence electrons. The topological polar surface area (TPSA) is 90.9 Å². The van der Waals surface area contributed by atoms with Crippen molar-refractivity contribution in [1.82, 2.24) is 15.0 Å². The predicted molar refractivity (Wildman–Crippen MR) is 104 cm³/mol. The van der Waals surface area contributed by atoms with Gasteiger partial charge in [-0.25, -0.2) is 9.97 Å². The summed E-state index contributed by atoms with van der Waals surface area (Å²) in [6.07, 6.45) is 3.39. The fourth-order valence-corrected chi connectivity index (χ4v) is 2.74. The number of alkyl halides is 3. The van der Waals surface area contributed by atoms with Gasteiger partial charge in [-0.3, -0.25) is 4.79 Å². The molecule has 1 unspecified atom stereocenters. The normalized spacial score (nSPS) is 15.7. The van der Waals surface area contributed by atoms with Crippen LogP contribution in [0.1, 0.15) is 59.3 Å². The fourth-order valence-electron chi connectivity index (χ4n) is 2.74. The van der Waals surface area contributed by atoms with Crippen LogP contribution in [0, 0.1) is 0 Å². The molecule has 0 radical (unpaired) electrons. The summed E-state index contributed by atoms with van der Waals surface area (Å²) in [7, 11) is 0. The molecule has 0 bridgehead atoms. The molecule has 28 heavy (non-hydrogen) atoms. The highest BCUT2D eigenvalue weighted by Gasteiger charge is 2.30. The number of fused-ring (bicyclic) bond motifs is 1. The van der Waals surface area contributed by atoms with E-state index in [1.807, 2.05) is 13.8 Å². The molecule has 0 aliphatic heterocycles. The summed E-state index contributed by atoms with van der Waals surface area (Å²) >= 11 is 0. The van der Waals surface area contributed by atoms with Crippen LogP contribution in [0.5, 0.6) is 0 Å². The average molecular weight is 402 g/mol. The fraction of sp³-hybridized carbons (Fsp3) is 0.632. The molecular formula is C19H29F3N4O2. The molecule has 1 aliphatic carbocycles. The highest BCUT2D eigenvalue weighted by atomic mass is 19.4. The van der Waals surface area contributed by atoms with E-state index in [2.05, 4.69) is 20.3 Å². The third-order valence-electron chi connectivity index (χ3n) is 4.01. The summed E-state index contributed by atoms with van der Waals surface area (Å²) in [6.45, 7) is 5.39. The second-order valence-electron chi connectivity index (χ2n) is 6.46. The maximum atomic E-state index is 12.2. The van der Waals surface area contributed by atoms with Gasteiger partial charge < -0.3 is 15.4 Å². The van der Waals surface area contributed by atoms with Crippen LogP contribution in [-0.2, 0) is 0 Å². The third kappa shape index (κ3) is 8.69. The number of rotatable bonds is 3. The summed E-state index contributed by atoms with van der Waals surface area (Å²) in [5, 5.41) is 11.8. The van der Waals surface area contributed by atoms with Crippen LogP contribution in [0.2, 0.25) is 0 Å². The number of aliphatic hydroxyl groups excluding tert-OH is 1. The van der Waals surface area contributed by atoms with E-state index >= 15 is 0 Å². The highest BCUT2D eigenvalue weighted by molar-refractivity contribution is 5.77. The average Bonchev–Trinajstić information content (AvgIpc) is 2.63. The van der Waals surface area contributed by atoms with Crippen molar-refractivity contribution in [2.45, 2.75) is 77.6 Å². The molecule has 0 spiro atoms. The first-order valence-electron chi connectivity index (χ1n) is 9.60. The van der Waals surface area contributed by atoms with E-state index < -0.39 is 18.6 Å². The van der Waals surface area contributed by atoms with Gasteiger partial charge in [-0.15, -0.1) is 0 Å². The zero-order valence-corrected chi connectivity index (χ0v) is 16.5. The van der Waals surface area contributed by atoms with Crippen LogP contribution in [0.25, 0.3) is 10.9 Å². The van der Waals surface area contributed by atoms with Crippen molar-refractivity contribution in [3.8, 4) is 0 Å². The monoisotopic (exact) mass is 402 g/mol. The van der Waals surface area contributed by atoms with Gasteiger partial charge in [0, 0.05) is 18.4 Å². The molecule has 3 N–H and O–H groups in total. The molecule has 9 heteroatoms. The van der Waals surface area contributed by atoms with E-state index in [1.54, 1.807) is 6.07 Å². The Bertz CT molecular complexity index is 759. The lowest BCUT2D eigenvalue weighted by atomic mass is 9.98. The first-order chi connectivity index (χ1) is 13.2. The van der Waals surface area contributed by atoms with Crippen LogP contribution in [0.4, 0.5) is 19.1 Å². The SMILES string of the molecule is CC.CC(CC(F)(F)F)Nc1ncc2c(=O)[nH]ccc2n1.OC1CCCCC1. The Morgan fingerprint density at radius 2 is 1.93 bits per heavy atom. The van der Waals surface area contributed by atoms with Crippen LogP contribution in [0.3, 0.4) is 0 Å². The van der Waals surface area contributed by atoms with E-state index in [0.717, 1.165) is 12.8 Å². The Kier molecular flexibility index (Phi) is 9.92. The van der Waals surface area contributed by atoms with Crippen molar-refractivity contribution < 1.29 is 18.3 Å². The van der Waals surface area contributed by atoms with Crippen molar-refractivity contribution in [1.29, 1.82) is 0 Å². The Hall–Kier alpha value is -2.16. The Morgan fingerprint density at radius 3 is 2.46 bits per heavy atom. The van der Waals surface area contributed by atoms with Crippen LogP contribution >= 0.6 is 0 Å². The van der Waals surface area contributed by atoms with Crippen LogP contribution in [-0.4, -0.2) is 38.4 Å². The molecule has 2 aromatic rings. The molecule has 2 heterocycles. The lowest BCUT2D eigenvalue weighted by molar-refractivity contribution is -0.136. The Labute approximate surface area is 162 Å². The number of H-pyrrole nitrogens is 1. The van der Waals surface area contributed by atoms with Crippen molar-refractivity contribution >= 4 is 16.9 Å². The van der Waals surface area contributed by atoms with Gasteiger partial charge in [-0.05, 0) is 25.8 Å². The van der Waals surface area contributed by atoms with Gasteiger partial charge >= 0.3 is 6.18 Å². The van der Waals surface area contributed by atoms with E-state index in [-0.39, 0.29) is 23.0 Å². The van der Waals surface area contributed by atoms with Gasteiger partial charge in [-0.1, -0.05) is 33.1 Å². The number of halogens is 3. The molecule has 6 nitrogen and oxygen atoms in total. The highest BCUT2D eigenvalue weighted by Crippen LogP contribution is 2.22. The first kappa shape index (κ1) is 23.9. The van der Waals surface area contributed by atoms with E-state index in [1.165, 1.54) is 38.6 Å². The van der Waals surface area contributed by atoms with Crippen molar-refractivity contribution in [3.63, 3.8) is 0 Å². The summed E-state index contributed by atoms with van der Waals surface area (Å²) < 4.78 is 36.6. The molecule has 1 saturated carbocycles. The van der Waals surface area contributed by atoms with Crippen LogP contribution in [0.15, 0.2) is 23.3 Å². The number of aliphatic hydroxyl groups is 1. The summed E-state index contributed by atoms with van der Waals surface area (Å²) in [5.41, 5.74) is 0.0350. The van der Waals surface area contributed by atoms with Gasteiger partial charge in [-0.2, -0.15) is 13.2 Å². The zero-order valence-electron chi connectivity index (χ0n) is 16.5. The Balaban J connectivity index is 0.000000363. The Morgan fingerprint density at radius 1 is 1.29 bits per heavy atom. The quantitative estimate of drug-likeness (QED) is 0.708. The molecule has 1 fully saturated rings. The standard InChI is InChI=1S/C11H11F3N4O.C6H12O.C2H6/c1-6(4-11(12,13)14)17-10-16-5-7-8(18-10)2-3-15-9(7)19;7-6-4-2-1-3-5-6;1-2/h2-3,5-6H,4H2,1H3,(H,15,19)(H,16,17,18);6-7H,1-5H2;1-2H3. The van der Waals surface area contributed by atoms with E-state index in [0.29, 0.717) is 5.52 Å². The number of hydrogen-bond donors (Lipinski definition) is 3. The summed E-state index contributed by atoms with van der Waals surface area (Å²) in [5.74, 6) is 0.0647. The minimum Gasteiger partial charge on any atom is -0.393 e. The number of pyridine rings is 1. The van der Waals surface area contributed by atoms with E-state index in [4.69, 9.17) is 5.11 Å². The maximum Gasteiger partial charge on any atom is 0.391 e. The number of aromatic nitrogens is 3. The number of nitrogens with zero attached hydrogens (tertiary/aromatic N) is 2. The molecule has 1 aliphatic rings. The second-order valence-corrected chi connectivity index (χ2v) is 6.46. The molecule has 0 amide bonds. The third-order valence-corrected chi connectivity index (χ3v) is 4.01. The van der Waals surface area contributed by atoms with Gasteiger partial charge in [0.2, 0.25) is 5.95 Å². The van der Waals surface area contributed by atoms with E-state index in [9.17, 15) is 18.0 Å². The van der Waals surface area contributed by atoms with Crippen molar-refractivity contribution in [2.24, 2.45) is 0 Å². The summed E-state index contributed by atoms with van der Waals surface area (Å²) in [6, 6.07) is 0.706. The lowest BCUT2D eigenvalue weighted by Gasteiger charge is -2.15. The van der Waals surface area contributed by atoms with Gasteiger partial charge in [0.15, 0.2) is 0 Å². The van der Waals surface area contributed by atoms with Gasteiger partial charge in [0.1, 0.15) is 0 Å². The number of anilines is 1. The minimum atomic E-state index is -4.25. The molecule has 0 saturated heterocycles. The maximum absolute atomic E-state index is 12.2. The molecule has 1 atom stereocenters. The molecule has 2 aromatic heterocycles. The largest absolute Gasteiger partial charge is 0.393 e. The smallest absolute Gasteiger partial charge is 0.391 e.